The summed E-state index contributed by atoms with van der Waals surface area (Å²) in [7, 11) is -1.94. The summed E-state index contributed by atoms with van der Waals surface area (Å²) < 4.78 is 8.82. The lowest BCUT2D eigenvalue weighted by Gasteiger charge is -2.39. The van der Waals surface area contributed by atoms with Crippen molar-refractivity contribution in [3.05, 3.63) is 120 Å². The molecule has 1 aliphatic rings. The van der Waals surface area contributed by atoms with Crippen LogP contribution in [0, 0.1) is 0 Å². The molecule has 0 spiro atoms. The third-order valence-electron chi connectivity index (χ3n) is 8.73. The summed E-state index contributed by atoms with van der Waals surface area (Å²) in [4.78, 5) is 20.3. The van der Waals surface area contributed by atoms with Crippen LogP contribution in [0.25, 0.3) is 0 Å². The molecule has 1 aromatic heterocycles. The Morgan fingerprint density at radius 2 is 1.30 bits per heavy atom. The quantitative estimate of drug-likeness (QED) is 0.169. The molecule has 5 nitrogen and oxygen atoms in total. The van der Waals surface area contributed by atoms with Gasteiger partial charge in [0, 0.05) is 13.0 Å². The van der Waals surface area contributed by atoms with Crippen LogP contribution in [0.15, 0.2) is 97.3 Å². The van der Waals surface area contributed by atoms with Crippen molar-refractivity contribution < 1.29 is 9.22 Å². The number of benzene rings is 3. The zero-order valence-corrected chi connectivity index (χ0v) is 25.4. The molecule has 2 heterocycles. The van der Waals surface area contributed by atoms with Gasteiger partial charge in [-0.3, -0.25) is 9.69 Å². The number of amides is 1. The minimum Gasteiger partial charge on any atom is -0.415 e. The molecule has 0 saturated heterocycles. The number of hydrogen-bond donors (Lipinski definition) is 0. The van der Waals surface area contributed by atoms with E-state index in [1.807, 2.05) is 11.2 Å². The average molecular weight is 552 g/mol. The van der Waals surface area contributed by atoms with Crippen LogP contribution >= 0.6 is 0 Å². The molecule has 1 amide bonds. The van der Waals surface area contributed by atoms with Crippen molar-refractivity contribution in [2.24, 2.45) is 0 Å². The molecule has 1 aliphatic heterocycles. The van der Waals surface area contributed by atoms with Gasteiger partial charge in [0.1, 0.15) is 5.54 Å². The maximum Gasteiger partial charge on any atom is 0.228 e. The third-order valence-corrected chi connectivity index (χ3v) is 13.3. The molecule has 0 atom stereocenters. The first-order valence-corrected chi connectivity index (χ1v) is 17.2. The number of carbonyl (C=O) groups excluding carboxylic acids is 1. The van der Waals surface area contributed by atoms with Crippen LogP contribution in [0.4, 0.5) is 5.82 Å². The summed E-state index contributed by atoms with van der Waals surface area (Å²) in [6, 6.07) is 31.9. The minimum atomic E-state index is -1.94. The summed E-state index contributed by atoms with van der Waals surface area (Å²) in [6.07, 6.45) is 4.00. The summed E-state index contributed by atoms with van der Waals surface area (Å²) in [5.74, 6) is 0.876. The molecule has 0 aliphatic carbocycles. The number of aromatic nitrogens is 2. The van der Waals surface area contributed by atoms with E-state index >= 15 is 0 Å². The monoisotopic (exact) mass is 551 g/mol. The molecule has 0 bridgehead atoms. The maximum absolute atomic E-state index is 13.4. The van der Waals surface area contributed by atoms with E-state index in [4.69, 9.17) is 9.41 Å². The van der Waals surface area contributed by atoms with Crippen LogP contribution < -0.4 is 4.90 Å². The molecule has 40 heavy (non-hydrogen) atoms. The Bertz CT molecular complexity index is 1330. The SMILES string of the molecule is CC(C)(C)[Si](C)(C)OCCN1C(=O)CCCc2c1ncn2C(c1ccccc1)(c1ccccc1)c1ccccc1. The highest BCUT2D eigenvalue weighted by molar-refractivity contribution is 6.74. The fraction of sp³-hybridized carbons (Fsp3) is 0.353. The number of carbonyl (C=O) groups is 1. The van der Waals surface area contributed by atoms with E-state index in [0.29, 0.717) is 19.6 Å². The van der Waals surface area contributed by atoms with Gasteiger partial charge in [-0.2, -0.15) is 0 Å². The Hall–Kier alpha value is -3.48. The normalized spacial score (nSPS) is 14.6. The number of fused-ring (bicyclic) bond motifs is 1. The van der Waals surface area contributed by atoms with Crippen molar-refractivity contribution in [3.63, 3.8) is 0 Å². The Kier molecular flexibility index (Phi) is 7.84. The molecular formula is C34H41N3O2Si. The first kappa shape index (κ1) is 28.1. The molecular weight excluding hydrogens is 510 g/mol. The van der Waals surface area contributed by atoms with Crippen LogP contribution in [-0.4, -0.2) is 36.9 Å². The molecule has 5 rings (SSSR count). The van der Waals surface area contributed by atoms with E-state index in [2.05, 4.69) is 129 Å². The summed E-state index contributed by atoms with van der Waals surface area (Å²) in [5.41, 5.74) is 3.87. The van der Waals surface area contributed by atoms with Crippen molar-refractivity contribution in [1.82, 2.24) is 9.55 Å². The smallest absolute Gasteiger partial charge is 0.228 e. The van der Waals surface area contributed by atoms with Crippen molar-refractivity contribution in [1.29, 1.82) is 0 Å². The Balaban J connectivity index is 1.66. The highest BCUT2D eigenvalue weighted by Gasteiger charge is 2.42. The predicted molar refractivity (Wildman–Crippen MR) is 165 cm³/mol. The lowest BCUT2D eigenvalue weighted by Crippen LogP contribution is -2.43. The molecule has 4 aromatic rings. The summed E-state index contributed by atoms with van der Waals surface area (Å²) in [6.45, 7) is 12.3. The van der Waals surface area contributed by atoms with E-state index in [1.165, 1.54) is 0 Å². The van der Waals surface area contributed by atoms with Crippen molar-refractivity contribution in [2.45, 2.75) is 63.7 Å². The van der Waals surface area contributed by atoms with E-state index in [9.17, 15) is 4.79 Å². The highest BCUT2D eigenvalue weighted by atomic mass is 28.4. The number of anilines is 1. The van der Waals surface area contributed by atoms with Crippen molar-refractivity contribution >= 4 is 20.0 Å². The summed E-state index contributed by atoms with van der Waals surface area (Å²) in [5, 5.41) is 0.114. The van der Waals surface area contributed by atoms with Gasteiger partial charge in [-0.1, -0.05) is 112 Å². The van der Waals surface area contributed by atoms with Gasteiger partial charge in [0.05, 0.1) is 18.6 Å². The van der Waals surface area contributed by atoms with Gasteiger partial charge < -0.3 is 8.99 Å². The van der Waals surface area contributed by atoms with Crippen LogP contribution in [0.5, 0.6) is 0 Å². The molecule has 0 fully saturated rings. The maximum atomic E-state index is 13.4. The first-order chi connectivity index (χ1) is 19.2. The zero-order chi connectivity index (χ0) is 28.4. The van der Waals surface area contributed by atoms with Crippen LogP contribution in [0.1, 0.15) is 56.0 Å². The van der Waals surface area contributed by atoms with Crippen molar-refractivity contribution in [3.8, 4) is 0 Å². The van der Waals surface area contributed by atoms with Gasteiger partial charge in [0.15, 0.2) is 14.1 Å². The molecule has 0 unspecified atom stereocenters. The van der Waals surface area contributed by atoms with Crippen molar-refractivity contribution in [2.75, 3.05) is 18.1 Å². The van der Waals surface area contributed by atoms with Gasteiger partial charge in [0.25, 0.3) is 0 Å². The second kappa shape index (κ2) is 11.2. The molecule has 0 radical (unpaired) electrons. The summed E-state index contributed by atoms with van der Waals surface area (Å²) >= 11 is 0. The van der Waals surface area contributed by atoms with E-state index in [-0.39, 0.29) is 10.9 Å². The van der Waals surface area contributed by atoms with E-state index < -0.39 is 13.9 Å². The van der Waals surface area contributed by atoms with Gasteiger partial charge in [0.2, 0.25) is 5.91 Å². The van der Waals surface area contributed by atoms with Gasteiger partial charge in [-0.05, 0) is 47.7 Å². The molecule has 0 saturated carbocycles. The number of nitrogens with zero attached hydrogens (tertiary/aromatic N) is 3. The molecule has 208 valence electrons. The van der Waals surface area contributed by atoms with Crippen LogP contribution in [0.3, 0.4) is 0 Å². The standard InChI is InChI=1S/C34H41N3O2Si/c1-33(2,3)40(4,5)39-25-24-36-31(38)23-15-22-30-32(36)35-26-37(30)34(27-16-9-6-10-17-27,28-18-11-7-12-19-28)29-20-13-8-14-21-29/h6-14,16-21,26H,15,22-25H2,1-5H3. The van der Waals surface area contributed by atoms with Crippen LogP contribution in [0.2, 0.25) is 18.1 Å². The van der Waals surface area contributed by atoms with Gasteiger partial charge in [-0.15, -0.1) is 0 Å². The number of hydrogen-bond acceptors (Lipinski definition) is 3. The fourth-order valence-electron chi connectivity index (χ4n) is 5.57. The van der Waals surface area contributed by atoms with E-state index in [1.54, 1.807) is 0 Å². The lowest BCUT2D eigenvalue weighted by molar-refractivity contribution is -0.118. The Morgan fingerprint density at radius 3 is 1.77 bits per heavy atom. The van der Waals surface area contributed by atoms with Crippen LogP contribution in [-0.2, 0) is 21.2 Å². The Morgan fingerprint density at radius 1 is 0.800 bits per heavy atom. The van der Waals surface area contributed by atoms with Gasteiger partial charge >= 0.3 is 0 Å². The topological polar surface area (TPSA) is 47.4 Å². The molecule has 6 heteroatoms. The van der Waals surface area contributed by atoms with Gasteiger partial charge in [-0.25, -0.2) is 4.98 Å². The highest BCUT2D eigenvalue weighted by Crippen LogP contribution is 2.44. The molecule has 3 aromatic carbocycles. The van der Waals surface area contributed by atoms with E-state index in [0.717, 1.165) is 41.0 Å². The fourth-order valence-corrected chi connectivity index (χ4v) is 6.60. The number of rotatable bonds is 8. The Labute approximate surface area is 240 Å². The first-order valence-electron chi connectivity index (χ1n) is 14.3. The average Bonchev–Trinajstić information content (AvgIpc) is 3.29. The largest absolute Gasteiger partial charge is 0.415 e. The second-order valence-corrected chi connectivity index (χ2v) is 17.0. The predicted octanol–water partition coefficient (Wildman–Crippen LogP) is 7.41. The molecule has 0 N–H and O–H groups in total. The number of imidazole rings is 1. The third kappa shape index (κ3) is 5.06. The second-order valence-electron chi connectivity index (χ2n) is 12.2. The minimum absolute atomic E-state index is 0.114. The lowest BCUT2D eigenvalue weighted by atomic mass is 9.76. The zero-order valence-electron chi connectivity index (χ0n) is 24.4.